The number of hydrogen-bond donors (Lipinski definition) is 1. The summed E-state index contributed by atoms with van der Waals surface area (Å²) in [6, 6.07) is 0. The van der Waals surface area contributed by atoms with E-state index >= 15 is 0 Å². The normalized spacial score (nSPS) is 28.8. The van der Waals surface area contributed by atoms with Gasteiger partial charge in [-0.05, 0) is 19.3 Å². The number of aliphatic carboxylic acids is 1. The Bertz CT molecular complexity index is 222. The van der Waals surface area contributed by atoms with Gasteiger partial charge in [0, 0.05) is 18.3 Å². The molecule has 0 amide bonds. The van der Waals surface area contributed by atoms with Crippen molar-refractivity contribution >= 4 is 11.8 Å². The summed E-state index contributed by atoms with van der Waals surface area (Å²) in [6.45, 7) is 1.90. The fourth-order valence-electron chi connectivity index (χ4n) is 1.89. The third-order valence-corrected chi connectivity index (χ3v) is 2.95. The molecule has 74 valence electrons. The maximum atomic E-state index is 11.5. The zero-order valence-corrected chi connectivity index (χ0v) is 8.01. The van der Waals surface area contributed by atoms with Crippen LogP contribution in [-0.2, 0) is 9.59 Å². The molecule has 0 aromatic heterocycles. The second kappa shape index (κ2) is 3.90. The standard InChI is InChI=1S/C10H16O3/c1-10(7-5-9(12)13)6-3-2-4-8(10)11/h2-7H2,1H3,(H,12,13). The lowest BCUT2D eigenvalue weighted by molar-refractivity contribution is -0.138. The molecular weight excluding hydrogens is 168 g/mol. The van der Waals surface area contributed by atoms with Crippen LogP contribution in [0.3, 0.4) is 0 Å². The van der Waals surface area contributed by atoms with Crippen LogP contribution in [0.25, 0.3) is 0 Å². The van der Waals surface area contributed by atoms with Crippen molar-refractivity contribution < 1.29 is 14.7 Å². The topological polar surface area (TPSA) is 54.4 Å². The molecule has 1 aliphatic rings. The van der Waals surface area contributed by atoms with Crippen molar-refractivity contribution in [1.29, 1.82) is 0 Å². The van der Waals surface area contributed by atoms with E-state index in [2.05, 4.69) is 0 Å². The van der Waals surface area contributed by atoms with E-state index in [1.54, 1.807) is 0 Å². The summed E-state index contributed by atoms with van der Waals surface area (Å²) < 4.78 is 0. The molecule has 1 N–H and O–H groups in total. The van der Waals surface area contributed by atoms with Crippen LogP contribution in [0.5, 0.6) is 0 Å². The van der Waals surface area contributed by atoms with Gasteiger partial charge in [0.1, 0.15) is 5.78 Å². The van der Waals surface area contributed by atoms with Crippen LogP contribution < -0.4 is 0 Å². The van der Waals surface area contributed by atoms with Gasteiger partial charge in [0.2, 0.25) is 0 Å². The first kappa shape index (κ1) is 10.2. The van der Waals surface area contributed by atoms with Gasteiger partial charge in [0.25, 0.3) is 0 Å². The van der Waals surface area contributed by atoms with E-state index in [1.807, 2.05) is 6.92 Å². The van der Waals surface area contributed by atoms with Crippen LogP contribution in [0.4, 0.5) is 0 Å². The van der Waals surface area contributed by atoms with Crippen LogP contribution >= 0.6 is 0 Å². The molecule has 1 rings (SSSR count). The molecule has 0 aromatic rings. The summed E-state index contributed by atoms with van der Waals surface area (Å²) >= 11 is 0. The highest BCUT2D eigenvalue weighted by molar-refractivity contribution is 5.85. The van der Waals surface area contributed by atoms with Crippen molar-refractivity contribution in [2.75, 3.05) is 0 Å². The predicted octanol–water partition coefficient (Wildman–Crippen LogP) is 2.00. The van der Waals surface area contributed by atoms with Gasteiger partial charge in [0.05, 0.1) is 0 Å². The van der Waals surface area contributed by atoms with Crippen molar-refractivity contribution in [2.24, 2.45) is 5.41 Å². The molecule has 0 aromatic carbocycles. The Balaban J connectivity index is 2.51. The van der Waals surface area contributed by atoms with Crippen molar-refractivity contribution in [3.63, 3.8) is 0 Å². The maximum Gasteiger partial charge on any atom is 0.303 e. The molecule has 1 saturated carbocycles. The lowest BCUT2D eigenvalue weighted by Crippen LogP contribution is -2.31. The van der Waals surface area contributed by atoms with E-state index in [-0.39, 0.29) is 17.6 Å². The largest absolute Gasteiger partial charge is 0.481 e. The zero-order valence-electron chi connectivity index (χ0n) is 8.01. The molecule has 1 unspecified atom stereocenters. The highest BCUT2D eigenvalue weighted by Gasteiger charge is 2.34. The number of carbonyl (C=O) groups excluding carboxylic acids is 1. The lowest BCUT2D eigenvalue weighted by Gasteiger charge is -2.31. The molecule has 0 spiro atoms. The van der Waals surface area contributed by atoms with Gasteiger partial charge >= 0.3 is 5.97 Å². The van der Waals surface area contributed by atoms with Gasteiger partial charge in [-0.25, -0.2) is 0 Å². The van der Waals surface area contributed by atoms with Crippen molar-refractivity contribution in [3.8, 4) is 0 Å². The number of hydrogen-bond acceptors (Lipinski definition) is 2. The van der Waals surface area contributed by atoms with Crippen LogP contribution in [0, 0.1) is 5.41 Å². The van der Waals surface area contributed by atoms with E-state index < -0.39 is 5.97 Å². The highest BCUT2D eigenvalue weighted by Crippen LogP contribution is 2.36. The molecule has 3 nitrogen and oxygen atoms in total. The number of carboxylic acid groups (broad SMARTS) is 1. The highest BCUT2D eigenvalue weighted by atomic mass is 16.4. The summed E-state index contributed by atoms with van der Waals surface area (Å²) in [7, 11) is 0. The van der Waals surface area contributed by atoms with Crippen molar-refractivity contribution in [1.82, 2.24) is 0 Å². The fraction of sp³-hybridized carbons (Fsp3) is 0.800. The molecule has 0 bridgehead atoms. The summed E-state index contributed by atoms with van der Waals surface area (Å²) in [5.74, 6) is -0.556. The van der Waals surface area contributed by atoms with Gasteiger partial charge in [-0.15, -0.1) is 0 Å². The van der Waals surface area contributed by atoms with Crippen LogP contribution in [0.15, 0.2) is 0 Å². The molecule has 0 radical (unpaired) electrons. The molecule has 0 saturated heterocycles. The third kappa shape index (κ3) is 2.54. The number of carboxylic acids is 1. The molecule has 1 aliphatic carbocycles. The summed E-state index contributed by atoms with van der Waals surface area (Å²) in [5.41, 5.74) is -0.351. The van der Waals surface area contributed by atoms with E-state index in [9.17, 15) is 9.59 Å². The number of rotatable bonds is 3. The monoisotopic (exact) mass is 184 g/mol. The molecule has 1 fully saturated rings. The van der Waals surface area contributed by atoms with Crippen LogP contribution in [-0.4, -0.2) is 16.9 Å². The minimum Gasteiger partial charge on any atom is -0.481 e. The van der Waals surface area contributed by atoms with Gasteiger partial charge in [0.15, 0.2) is 0 Å². The number of carbonyl (C=O) groups is 2. The van der Waals surface area contributed by atoms with Crippen LogP contribution in [0.2, 0.25) is 0 Å². The second-order valence-corrected chi connectivity index (χ2v) is 4.08. The van der Waals surface area contributed by atoms with Gasteiger partial charge in [-0.3, -0.25) is 9.59 Å². The average molecular weight is 184 g/mol. The minimum atomic E-state index is -0.806. The summed E-state index contributed by atoms with van der Waals surface area (Å²) in [5, 5.41) is 8.53. The molecule has 1 atom stereocenters. The van der Waals surface area contributed by atoms with Gasteiger partial charge < -0.3 is 5.11 Å². The Morgan fingerprint density at radius 3 is 2.77 bits per heavy atom. The Morgan fingerprint density at radius 1 is 1.54 bits per heavy atom. The molecule has 13 heavy (non-hydrogen) atoms. The molecule has 0 heterocycles. The third-order valence-electron chi connectivity index (χ3n) is 2.95. The second-order valence-electron chi connectivity index (χ2n) is 4.08. The van der Waals surface area contributed by atoms with E-state index in [0.29, 0.717) is 12.8 Å². The fourth-order valence-corrected chi connectivity index (χ4v) is 1.89. The minimum absolute atomic E-state index is 0.113. The summed E-state index contributed by atoms with van der Waals surface area (Å²) in [6.07, 6.45) is 4.14. The van der Waals surface area contributed by atoms with Gasteiger partial charge in [-0.1, -0.05) is 13.3 Å². The number of Topliss-reactive ketones (excluding diaryl/α,β-unsaturated/α-hetero) is 1. The van der Waals surface area contributed by atoms with Crippen LogP contribution in [0.1, 0.15) is 45.4 Å². The molecule has 3 heteroatoms. The summed E-state index contributed by atoms with van der Waals surface area (Å²) in [4.78, 5) is 21.9. The average Bonchev–Trinajstić information content (AvgIpc) is 2.07. The van der Waals surface area contributed by atoms with E-state index in [4.69, 9.17) is 5.11 Å². The van der Waals surface area contributed by atoms with Gasteiger partial charge in [-0.2, -0.15) is 0 Å². The van der Waals surface area contributed by atoms with E-state index in [0.717, 1.165) is 19.3 Å². The Kier molecular flexibility index (Phi) is 3.07. The van der Waals surface area contributed by atoms with Crippen molar-refractivity contribution in [3.05, 3.63) is 0 Å². The quantitative estimate of drug-likeness (QED) is 0.729. The van der Waals surface area contributed by atoms with E-state index in [1.165, 1.54) is 0 Å². The predicted molar refractivity (Wildman–Crippen MR) is 48.5 cm³/mol. The first-order valence-corrected chi connectivity index (χ1v) is 4.80. The Morgan fingerprint density at radius 2 is 2.23 bits per heavy atom. The van der Waals surface area contributed by atoms with Crippen molar-refractivity contribution in [2.45, 2.75) is 45.4 Å². The maximum absolute atomic E-state index is 11.5. The Hall–Kier alpha value is -0.860. The smallest absolute Gasteiger partial charge is 0.303 e. The molecule has 0 aliphatic heterocycles. The number of ketones is 1. The SMILES string of the molecule is CC1(CCC(=O)O)CCCCC1=O. The first-order chi connectivity index (χ1) is 6.04. The Labute approximate surface area is 78.1 Å². The zero-order chi connectivity index (χ0) is 9.90. The lowest BCUT2D eigenvalue weighted by atomic mass is 9.72. The molecular formula is C10H16O3. The first-order valence-electron chi connectivity index (χ1n) is 4.80.